The Balaban J connectivity index is 2.41. The van der Waals surface area contributed by atoms with Gasteiger partial charge in [0.15, 0.2) is 0 Å². The minimum Gasteiger partial charge on any atom is -0.508 e. The summed E-state index contributed by atoms with van der Waals surface area (Å²) in [6.07, 6.45) is 0. The molecule has 2 aliphatic carbocycles. The Kier molecular flexibility index (Phi) is 2.95. The van der Waals surface area contributed by atoms with Crippen molar-refractivity contribution in [3.8, 4) is 28.3 Å². The van der Waals surface area contributed by atoms with Gasteiger partial charge in [0.1, 0.15) is 13.8 Å². The number of aromatic hydroxyl groups is 1. The van der Waals surface area contributed by atoms with Crippen molar-refractivity contribution in [3.05, 3.63) is 42.0 Å². The summed E-state index contributed by atoms with van der Waals surface area (Å²) >= 11 is 0. The summed E-state index contributed by atoms with van der Waals surface area (Å²) in [4.78, 5) is 0. The minimum absolute atomic E-state index is 0.320. The number of fused-ring (bicyclic) bond motifs is 1. The molecule has 0 heterocycles. The van der Waals surface area contributed by atoms with Crippen molar-refractivity contribution in [2.45, 2.75) is 19.6 Å². The first kappa shape index (κ1) is 11.8. The molecule has 0 saturated carbocycles. The van der Waals surface area contributed by atoms with Crippen molar-refractivity contribution >= 4 is 8.07 Å². The zero-order valence-corrected chi connectivity index (χ0v) is 11.4. The van der Waals surface area contributed by atoms with Crippen LogP contribution in [0.5, 0.6) is 5.75 Å². The number of hydrogen-bond acceptors (Lipinski definition) is 1. The zero-order valence-electron chi connectivity index (χ0n) is 10.4. The van der Waals surface area contributed by atoms with E-state index in [4.69, 9.17) is 0 Å². The first-order valence-electron chi connectivity index (χ1n) is 5.70. The lowest BCUT2D eigenvalue weighted by molar-refractivity contribution is 0.477. The average molecular weight is 240 g/mol. The Morgan fingerprint density at radius 2 is 1.47 bits per heavy atom. The second-order valence-corrected chi connectivity index (χ2v) is 10.00. The number of hydrogen-bond donors (Lipinski definition) is 1. The van der Waals surface area contributed by atoms with Gasteiger partial charge in [0.2, 0.25) is 0 Å². The molecule has 0 amide bonds. The molecule has 2 rings (SSSR count). The van der Waals surface area contributed by atoms with Gasteiger partial charge in [-0.15, -0.1) is 5.54 Å². The van der Waals surface area contributed by atoms with E-state index in [0.717, 1.165) is 16.7 Å². The lowest BCUT2D eigenvalue weighted by atomic mass is 10.2. The van der Waals surface area contributed by atoms with Crippen LogP contribution >= 0.6 is 0 Å². The summed E-state index contributed by atoms with van der Waals surface area (Å²) in [5, 5.41) is 9.39. The van der Waals surface area contributed by atoms with Crippen molar-refractivity contribution in [1.82, 2.24) is 0 Å². The molecule has 1 N–H and O–H groups in total. The highest BCUT2D eigenvalue weighted by Crippen LogP contribution is 2.28. The van der Waals surface area contributed by atoms with Crippen molar-refractivity contribution in [2.75, 3.05) is 0 Å². The quantitative estimate of drug-likeness (QED) is 0.549. The molecule has 0 atom stereocenters. The van der Waals surface area contributed by atoms with Crippen LogP contribution in [0, 0.1) is 11.5 Å². The van der Waals surface area contributed by atoms with Crippen molar-refractivity contribution < 1.29 is 5.11 Å². The third-order valence-electron chi connectivity index (χ3n) is 2.41. The second kappa shape index (κ2) is 4.27. The van der Waals surface area contributed by atoms with Gasteiger partial charge in [-0.3, -0.25) is 0 Å². The van der Waals surface area contributed by atoms with Crippen LogP contribution in [0.15, 0.2) is 36.4 Å². The van der Waals surface area contributed by atoms with E-state index in [1.807, 2.05) is 24.3 Å². The molecule has 2 aliphatic rings. The van der Waals surface area contributed by atoms with Gasteiger partial charge < -0.3 is 5.11 Å². The Hall–Kier alpha value is -1.72. The van der Waals surface area contributed by atoms with Crippen LogP contribution in [-0.2, 0) is 0 Å². The molecular formula is C15H16OSi. The highest BCUT2D eigenvalue weighted by molar-refractivity contribution is 6.83. The summed E-state index contributed by atoms with van der Waals surface area (Å²) in [5.41, 5.74) is 6.47. The maximum absolute atomic E-state index is 9.39. The molecule has 0 radical (unpaired) electrons. The van der Waals surface area contributed by atoms with E-state index in [2.05, 4.69) is 31.1 Å². The fraction of sp³-hybridized carbons (Fsp3) is 0.200. The standard InChI is InChI=1S/C15H16OSi/c1-17(2,3)9-8-12-4-6-13-10-15(16)11-14(13)7-5-12/h4-7,10-11,16H,1-3H3. The Bertz CT molecular complexity index is 536. The van der Waals surface area contributed by atoms with Crippen LogP contribution in [0.3, 0.4) is 0 Å². The largest absolute Gasteiger partial charge is 0.508 e. The number of rotatable bonds is 0. The van der Waals surface area contributed by atoms with E-state index in [1.165, 1.54) is 0 Å². The molecule has 17 heavy (non-hydrogen) atoms. The van der Waals surface area contributed by atoms with E-state index in [1.54, 1.807) is 12.1 Å². The molecule has 0 saturated heterocycles. The molecule has 2 heteroatoms. The Labute approximate surface area is 103 Å². The van der Waals surface area contributed by atoms with Gasteiger partial charge in [-0.1, -0.05) is 37.7 Å². The van der Waals surface area contributed by atoms with Crippen molar-refractivity contribution in [1.29, 1.82) is 0 Å². The smallest absolute Gasteiger partial charge is 0.129 e. The van der Waals surface area contributed by atoms with Crippen molar-refractivity contribution in [2.24, 2.45) is 0 Å². The lowest BCUT2D eigenvalue weighted by Crippen LogP contribution is -2.16. The van der Waals surface area contributed by atoms with Crippen LogP contribution in [0.25, 0.3) is 11.1 Å². The Morgan fingerprint density at radius 3 is 1.94 bits per heavy atom. The maximum Gasteiger partial charge on any atom is 0.129 e. The highest BCUT2D eigenvalue weighted by atomic mass is 28.3. The predicted octanol–water partition coefficient (Wildman–Crippen LogP) is 3.73. The van der Waals surface area contributed by atoms with E-state index < -0.39 is 8.07 Å². The molecule has 0 aromatic rings. The molecule has 0 unspecified atom stereocenters. The van der Waals surface area contributed by atoms with Crippen LogP contribution in [0.4, 0.5) is 0 Å². The molecule has 0 aromatic carbocycles. The summed E-state index contributed by atoms with van der Waals surface area (Å²) < 4.78 is 0. The summed E-state index contributed by atoms with van der Waals surface area (Å²) in [6.45, 7) is 6.70. The monoisotopic (exact) mass is 240 g/mol. The van der Waals surface area contributed by atoms with Gasteiger partial charge in [0, 0.05) is 5.56 Å². The topological polar surface area (TPSA) is 20.2 Å². The first-order chi connectivity index (χ1) is 7.94. The summed E-state index contributed by atoms with van der Waals surface area (Å²) in [6, 6.07) is 11.6. The SMILES string of the molecule is C[Si](C)(C)C#Cc1ccc2cc(O)cc-2cc1. The van der Waals surface area contributed by atoms with Crippen LogP contribution < -0.4 is 0 Å². The summed E-state index contributed by atoms with van der Waals surface area (Å²) in [7, 11) is -1.32. The minimum atomic E-state index is -1.32. The molecule has 1 nitrogen and oxygen atoms in total. The zero-order chi connectivity index (χ0) is 12.5. The van der Waals surface area contributed by atoms with Gasteiger partial charge in [-0.05, 0) is 35.4 Å². The van der Waals surface area contributed by atoms with E-state index in [-0.39, 0.29) is 0 Å². The van der Waals surface area contributed by atoms with E-state index in [9.17, 15) is 5.11 Å². The summed E-state index contributed by atoms with van der Waals surface area (Å²) in [5.74, 6) is 3.55. The first-order valence-corrected chi connectivity index (χ1v) is 9.20. The average Bonchev–Trinajstić information content (AvgIpc) is 2.46. The fourth-order valence-electron chi connectivity index (χ4n) is 1.57. The molecule has 0 spiro atoms. The van der Waals surface area contributed by atoms with Crippen LogP contribution in [0.2, 0.25) is 19.6 Å². The van der Waals surface area contributed by atoms with Gasteiger partial charge in [-0.25, -0.2) is 0 Å². The lowest BCUT2D eigenvalue weighted by Gasteiger charge is -2.02. The molecule has 0 bridgehead atoms. The maximum atomic E-state index is 9.39. The molecule has 0 fully saturated rings. The van der Waals surface area contributed by atoms with Gasteiger partial charge in [0.25, 0.3) is 0 Å². The van der Waals surface area contributed by atoms with Gasteiger partial charge >= 0.3 is 0 Å². The molecule has 0 aromatic heterocycles. The van der Waals surface area contributed by atoms with Gasteiger partial charge in [-0.2, -0.15) is 0 Å². The van der Waals surface area contributed by atoms with E-state index in [0.29, 0.717) is 5.75 Å². The van der Waals surface area contributed by atoms with E-state index >= 15 is 0 Å². The van der Waals surface area contributed by atoms with Crippen LogP contribution in [-0.4, -0.2) is 13.2 Å². The highest BCUT2D eigenvalue weighted by Gasteiger charge is 2.07. The third kappa shape index (κ3) is 3.12. The third-order valence-corrected chi connectivity index (χ3v) is 3.28. The molecular weight excluding hydrogens is 224 g/mol. The van der Waals surface area contributed by atoms with Crippen LogP contribution in [0.1, 0.15) is 5.56 Å². The predicted molar refractivity (Wildman–Crippen MR) is 75.0 cm³/mol. The Morgan fingerprint density at radius 1 is 0.941 bits per heavy atom. The molecule has 86 valence electrons. The second-order valence-electron chi connectivity index (χ2n) is 5.25. The molecule has 0 aliphatic heterocycles. The van der Waals surface area contributed by atoms with Crippen molar-refractivity contribution in [3.63, 3.8) is 0 Å². The van der Waals surface area contributed by atoms with Gasteiger partial charge in [0.05, 0.1) is 0 Å². The fourth-order valence-corrected chi connectivity index (χ4v) is 2.09. The normalized spacial score (nSPS) is 11.0.